The average Bonchev–Trinajstić information content (AvgIpc) is 3.03. The van der Waals surface area contributed by atoms with Gasteiger partial charge in [0.1, 0.15) is 12.4 Å². The van der Waals surface area contributed by atoms with Gasteiger partial charge in [0.2, 0.25) is 0 Å². The normalized spacial score (nSPS) is 18.9. The van der Waals surface area contributed by atoms with E-state index >= 15 is 0 Å². The molecule has 7 nitrogen and oxygen atoms in total. The van der Waals surface area contributed by atoms with Crippen molar-refractivity contribution in [3.05, 3.63) is 112 Å². The van der Waals surface area contributed by atoms with Crippen LogP contribution in [0.4, 0.5) is 0 Å². The average molecular weight is 582 g/mol. The molecule has 3 aromatic carbocycles. The monoisotopic (exact) mass is 581 g/mol. The van der Waals surface area contributed by atoms with E-state index in [1.807, 2.05) is 93.6 Å². The molecule has 1 N–H and O–H groups in total. The van der Waals surface area contributed by atoms with Crippen molar-refractivity contribution in [1.82, 2.24) is 5.32 Å². The van der Waals surface area contributed by atoms with Gasteiger partial charge in [-0.05, 0) is 73.6 Å². The number of Topliss-reactive ketones (excluding diaryl/α,β-unsaturated/α-hetero) is 1. The van der Waals surface area contributed by atoms with E-state index in [0.717, 1.165) is 22.4 Å². The van der Waals surface area contributed by atoms with Gasteiger partial charge >= 0.3 is 5.97 Å². The Morgan fingerprint density at radius 2 is 1.70 bits per heavy atom. The molecule has 3 aromatic rings. The molecule has 1 aliphatic heterocycles. The highest BCUT2D eigenvalue weighted by Crippen LogP contribution is 2.47. The predicted molar refractivity (Wildman–Crippen MR) is 165 cm³/mol. The molecule has 5 rings (SSSR count). The van der Waals surface area contributed by atoms with E-state index in [-0.39, 0.29) is 17.8 Å². The zero-order valence-corrected chi connectivity index (χ0v) is 25.4. The Morgan fingerprint density at radius 1 is 0.930 bits per heavy atom. The summed E-state index contributed by atoms with van der Waals surface area (Å²) in [5.74, 6) is 0.882. The first-order valence-corrected chi connectivity index (χ1v) is 14.8. The minimum atomic E-state index is -0.577. The van der Waals surface area contributed by atoms with Crippen molar-refractivity contribution in [2.24, 2.45) is 0 Å². The molecule has 3 unspecified atom stereocenters. The van der Waals surface area contributed by atoms with Gasteiger partial charge in [0.15, 0.2) is 17.3 Å². The Hall–Kier alpha value is -4.52. The summed E-state index contributed by atoms with van der Waals surface area (Å²) >= 11 is 0. The van der Waals surface area contributed by atoms with Crippen LogP contribution < -0.4 is 19.5 Å². The van der Waals surface area contributed by atoms with Crippen LogP contribution in [0.15, 0.2) is 95.3 Å². The van der Waals surface area contributed by atoms with Gasteiger partial charge in [-0.2, -0.15) is 0 Å². The third kappa shape index (κ3) is 6.46. The number of nitrogens with one attached hydrogen (secondary N) is 1. The Balaban J connectivity index is 1.52. The maximum Gasteiger partial charge on any atom is 0.337 e. The molecule has 0 bridgehead atoms. The van der Waals surface area contributed by atoms with Crippen LogP contribution >= 0.6 is 0 Å². The molecule has 0 saturated carbocycles. The number of esters is 1. The molecule has 0 radical (unpaired) electrons. The molecule has 0 amide bonds. The molecule has 7 heteroatoms. The molecule has 2 aliphatic rings. The van der Waals surface area contributed by atoms with Gasteiger partial charge in [0.05, 0.1) is 25.9 Å². The van der Waals surface area contributed by atoms with Crippen molar-refractivity contribution in [2.75, 3.05) is 14.2 Å². The van der Waals surface area contributed by atoms with Crippen LogP contribution in [0.25, 0.3) is 0 Å². The number of ketones is 1. The quantitative estimate of drug-likeness (QED) is 0.259. The predicted octanol–water partition coefficient (Wildman–Crippen LogP) is 6.99. The molecule has 0 spiro atoms. The summed E-state index contributed by atoms with van der Waals surface area (Å²) in [7, 11) is 3.21. The summed E-state index contributed by atoms with van der Waals surface area (Å²) in [6.07, 6.45) is 1.37. The van der Waals surface area contributed by atoms with E-state index in [4.69, 9.17) is 18.9 Å². The lowest BCUT2D eigenvalue weighted by Gasteiger charge is -2.37. The molecule has 0 aromatic heterocycles. The van der Waals surface area contributed by atoms with Crippen LogP contribution in [-0.4, -0.2) is 32.1 Å². The van der Waals surface area contributed by atoms with E-state index < -0.39 is 11.9 Å². The van der Waals surface area contributed by atoms with Crippen LogP contribution in [0.5, 0.6) is 17.2 Å². The Bertz CT molecular complexity index is 1560. The van der Waals surface area contributed by atoms with Crippen molar-refractivity contribution < 1.29 is 28.5 Å². The van der Waals surface area contributed by atoms with Gasteiger partial charge in [0.25, 0.3) is 0 Å². The van der Waals surface area contributed by atoms with Crippen LogP contribution in [-0.2, 0) is 20.9 Å². The molecule has 1 heterocycles. The lowest BCUT2D eigenvalue weighted by Crippen LogP contribution is -2.36. The van der Waals surface area contributed by atoms with E-state index in [2.05, 4.69) is 5.32 Å². The summed E-state index contributed by atoms with van der Waals surface area (Å²) in [6, 6.07) is 23.4. The SMILES string of the molecule is CCC(C)OC(=O)C1=C(C)NC2=C(C(=O)CC(c3ccc(OC)c(OC)c3)C2)C1c1cccc(OCc2ccccc2)c1. The van der Waals surface area contributed by atoms with Crippen LogP contribution in [0.1, 0.15) is 68.6 Å². The second-order valence-electron chi connectivity index (χ2n) is 11.1. The van der Waals surface area contributed by atoms with Crippen LogP contribution in [0.2, 0.25) is 0 Å². The van der Waals surface area contributed by atoms with Crippen molar-refractivity contribution in [2.45, 2.75) is 64.6 Å². The van der Waals surface area contributed by atoms with Gasteiger partial charge < -0.3 is 24.3 Å². The number of ether oxygens (including phenoxy) is 4. The summed E-state index contributed by atoms with van der Waals surface area (Å²) in [6.45, 7) is 6.14. The van der Waals surface area contributed by atoms with Crippen molar-refractivity contribution >= 4 is 11.8 Å². The van der Waals surface area contributed by atoms with Crippen LogP contribution in [0.3, 0.4) is 0 Å². The van der Waals surface area contributed by atoms with Crippen molar-refractivity contribution in [1.29, 1.82) is 0 Å². The lowest BCUT2D eigenvalue weighted by molar-refractivity contribution is -0.144. The van der Waals surface area contributed by atoms with E-state index in [1.54, 1.807) is 14.2 Å². The number of benzene rings is 3. The van der Waals surface area contributed by atoms with E-state index in [1.165, 1.54) is 0 Å². The first-order chi connectivity index (χ1) is 20.8. The number of hydrogen-bond acceptors (Lipinski definition) is 7. The summed E-state index contributed by atoms with van der Waals surface area (Å²) in [5.41, 5.74) is 5.44. The molecule has 0 fully saturated rings. The smallest absolute Gasteiger partial charge is 0.337 e. The summed E-state index contributed by atoms with van der Waals surface area (Å²) < 4.78 is 22.9. The third-order valence-corrected chi connectivity index (χ3v) is 8.25. The molecule has 0 saturated heterocycles. The van der Waals surface area contributed by atoms with Gasteiger partial charge in [-0.15, -0.1) is 0 Å². The van der Waals surface area contributed by atoms with Crippen molar-refractivity contribution in [3.63, 3.8) is 0 Å². The minimum absolute atomic E-state index is 0.00418. The Kier molecular flexibility index (Phi) is 9.19. The highest BCUT2D eigenvalue weighted by Gasteiger charge is 2.42. The summed E-state index contributed by atoms with van der Waals surface area (Å²) in [4.78, 5) is 27.7. The number of allylic oxidation sites excluding steroid dienone is 3. The maximum atomic E-state index is 14.1. The zero-order chi connectivity index (χ0) is 30.5. The molecule has 224 valence electrons. The number of carbonyl (C=O) groups is 2. The van der Waals surface area contributed by atoms with Crippen LogP contribution in [0, 0.1) is 0 Å². The number of rotatable bonds is 10. The summed E-state index contributed by atoms with van der Waals surface area (Å²) in [5, 5.41) is 3.43. The Morgan fingerprint density at radius 3 is 2.42 bits per heavy atom. The van der Waals surface area contributed by atoms with Gasteiger partial charge in [0, 0.05) is 29.3 Å². The Labute approximate surface area is 253 Å². The lowest BCUT2D eigenvalue weighted by atomic mass is 9.71. The number of dihydropyridines is 1. The standard InChI is InChI=1S/C36H39NO6/c1-6-22(2)43-36(39)33-23(3)37-29-18-27(25-15-16-31(40-4)32(20-25)41-5)19-30(38)35(29)34(33)26-13-10-14-28(17-26)42-21-24-11-8-7-9-12-24/h7-17,20,22,27,34,37H,6,18-19,21H2,1-5H3. The van der Waals surface area contributed by atoms with E-state index in [9.17, 15) is 9.59 Å². The highest BCUT2D eigenvalue weighted by molar-refractivity contribution is 6.04. The highest BCUT2D eigenvalue weighted by atomic mass is 16.5. The van der Waals surface area contributed by atoms with Gasteiger partial charge in [-0.1, -0.05) is 55.5 Å². The fourth-order valence-corrected chi connectivity index (χ4v) is 5.84. The molecular weight excluding hydrogens is 542 g/mol. The number of methoxy groups -OCH3 is 2. The number of hydrogen-bond donors (Lipinski definition) is 1. The van der Waals surface area contributed by atoms with E-state index in [0.29, 0.717) is 60.0 Å². The fourth-order valence-electron chi connectivity index (χ4n) is 5.84. The fraction of sp³-hybridized carbons (Fsp3) is 0.333. The van der Waals surface area contributed by atoms with Crippen molar-refractivity contribution in [3.8, 4) is 17.2 Å². The van der Waals surface area contributed by atoms with Gasteiger partial charge in [-0.3, -0.25) is 4.79 Å². The number of carbonyl (C=O) groups excluding carboxylic acids is 2. The second-order valence-corrected chi connectivity index (χ2v) is 11.1. The molecule has 3 atom stereocenters. The van der Waals surface area contributed by atoms with Gasteiger partial charge in [-0.25, -0.2) is 4.79 Å². The zero-order valence-electron chi connectivity index (χ0n) is 25.4. The largest absolute Gasteiger partial charge is 0.493 e. The topological polar surface area (TPSA) is 83.1 Å². The molecule has 1 aliphatic carbocycles. The minimum Gasteiger partial charge on any atom is -0.493 e. The third-order valence-electron chi connectivity index (χ3n) is 8.25. The first kappa shape index (κ1) is 30.0. The maximum absolute atomic E-state index is 14.1. The molecule has 43 heavy (non-hydrogen) atoms. The second kappa shape index (κ2) is 13.2. The molecular formula is C36H39NO6. The first-order valence-electron chi connectivity index (χ1n) is 14.8.